The van der Waals surface area contributed by atoms with E-state index in [1.54, 1.807) is 13.2 Å². The minimum Gasteiger partial charge on any atom is -0.383 e. The van der Waals surface area contributed by atoms with Crippen LogP contribution in [0, 0.1) is 6.92 Å². The zero-order valence-corrected chi connectivity index (χ0v) is 17.2. The van der Waals surface area contributed by atoms with Crippen LogP contribution in [0.4, 0.5) is 0 Å². The SMILES string of the molecule is COCCn1c(=NC(=O)Cc2ccc(C)cc2)sc2cc(S(N)(=O)=O)ccc21. The Bertz CT molecular complexity index is 1180. The summed E-state index contributed by atoms with van der Waals surface area (Å²) < 4.78 is 30.9. The number of sulfonamides is 1. The first-order chi connectivity index (χ1) is 13.3. The Kier molecular flexibility index (Phi) is 6.09. The number of hydrogen-bond donors (Lipinski definition) is 1. The third-order valence-electron chi connectivity index (χ3n) is 4.20. The van der Waals surface area contributed by atoms with Gasteiger partial charge >= 0.3 is 0 Å². The van der Waals surface area contributed by atoms with Crippen LogP contribution in [0.2, 0.25) is 0 Å². The normalized spacial score (nSPS) is 12.6. The third kappa shape index (κ3) is 4.74. The van der Waals surface area contributed by atoms with Gasteiger partial charge in [0.25, 0.3) is 5.91 Å². The molecule has 0 saturated heterocycles. The topological polar surface area (TPSA) is 104 Å². The Morgan fingerprint density at radius 3 is 2.57 bits per heavy atom. The Labute approximate surface area is 167 Å². The molecular weight excluding hydrogens is 398 g/mol. The van der Waals surface area contributed by atoms with Crippen LogP contribution in [-0.2, 0) is 32.5 Å². The standard InChI is InChI=1S/C19H21N3O4S2/c1-13-3-5-14(6-4-13)11-18(23)21-19-22(9-10-26-2)16-8-7-15(28(20,24)25)12-17(16)27-19/h3-8,12H,9-11H2,1-2H3,(H2,20,24,25). The number of hydrogen-bond acceptors (Lipinski definition) is 5. The highest BCUT2D eigenvalue weighted by Gasteiger charge is 2.13. The second kappa shape index (κ2) is 8.36. The number of thiazole rings is 1. The molecule has 0 radical (unpaired) electrons. The van der Waals surface area contributed by atoms with Crippen molar-refractivity contribution in [1.29, 1.82) is 0 Å². The number of nitrogens with two attached hydrogens (primary N) is 1. The number of aromatic nitrogens is 1. The lowest BCUT2D eigenvalue weighted by atomic mass is 10.1. The minimum atomic E-state index is -3.81. The number of benzene rings is 2. The molecule has 28 heavy (non-hydrogen) atoms. The number of fused-ring (bicyclic) bond motifs is 1. The van der Waals surface area contributed by atoms with E-state index >= 15 is 0 Å². The fourth-order valence-electron chi connectivity index (χ4n) is 2.74. The molecule has 3 rings (SSSR count). The lowest BCUT2D eigenvalue weighted by Crippen LogP contribution is -2.19. The van der Waals surface area contributed by atoms with E-state index in [1.807, 2.05) is 35.8 Å². The van der Waals surface area contributed by atoms with Crippen LogP contribution in [0.25, 0.3) is 10.2 Å². The van der Waals surface area contributed by atoms with Gasteiger partial charge in [-0.3, -0.25) is 4.79 Å². The Morgan fingerprint density at radius 1 is 1.21 bits per heavy atom. The van der Waals surface area contributed by atoms with E-state index in [0.29, 0.717) is 22.7 Å². The first-order valence-electron chi connectivity index (χ1n) is 8.56. The molecule has 0 spiro atoms. The third-order valence-corrected chi connectivity index (χ3v) is 6.15. The Hall–Kier alpha value is -2.33. The van der Waals surface area contributed by atoms with Crippen LogP contribution < -0.4 is 9.94 Å². The van der Waals surface area contributed by atoms with Gasteiger partial charge in [0.1, 0.15) is 0 Å². The van der Waals surface area contributed by atoms with Crippen molar-refractivity contribution >= 4 is 37.5 Å². The van der Waals surface area contributed by atoms with Crippen molar-refractivity contribution in [1.82, 2.24) is 4.57 Å². The van der Waals surface area contributed by atoms with Crippen molar-refractivity contribution in [3.63, 3.8) is 0 Å². The zero-order valence-electron chi connectivity index (χ0n) is 15.6. The molecule has 0 aliphatic rings. The van der Waals surface area contributed by atoms with Gasteiger partial charge < -0.3 is 9.30 Å². The second-order valence-corrected chi connectivity index (χ2v) is 8.94. The lowest BCUT2D eigenvalue weighted by Gasteiger charge is -2.05. The number of nitrogens with zero attached hydrogens (tertiary/aromatic N) is 2. The van der Waals surface area contributed by atoms with E-state index in [4.69, 9.17) is 9.88 Å². The average Bonchev–Trinajstić information content (AvgIpc) is 2.97. The number of rotatable bonds is 6. The molecule has 0 bridgehead atoms. The van der Waals surface area contributed by atoms with Gasteiger partial charge in [-0.15, -0.1) is 0 Å². The van der Waals surface area contributed by atoms with E-state index < -0.39 is 10.0 Å². The molecule has 0 fully saturated rings. The number of amides is 1. The fraction of sp³-hybridized carbons (Fsp3) is 0.263. The van der Waals surface area contributed by atoms with Crippen LogP contribution in [0.1, 0.15) is 11.1 Å². The van der Waals surface area contributed by atoms with Gasteiger partial charge in [0.2, 0.25) is 10.0 Å². The van der Waals surface area contributed by atoms with Crippen molar-refractivity contribution in [2.24, 2.45) is 10.1 Å². The number of carbonyl (C=O) groups excluding carboxylic acids is 1. The molecule has 7 nitrogen and oxygen atoms in total. The molecule has 2 N–H and O–H groups in total. The maximum absolute atomic E-state index is 12.5. The van der Waals surface area contributed by atoms with E-state index in [-0.39, 0.29) is 17.2 Å². The highest BCUT2D eigenvalue weighted by molar-refractivity contribution is 7.89. The molecule has 0 atom stereocenters. The summed E-state index contributed by atoms with van der Waals surface area (Å²) in [6, 6.07) is 12.3. The predicted molar refractivity (Wildman–Crippen MR) is 109 cm³/mol. The van der Waals surface area contributed by atoms with E-state index in [2.05, 4.69) is 4.99 Å². The van der Waals surface area contributed by atoms with E-state index in [9.17, 15) is 13.2 Å². The molecule has 148 valence electrons. The lowest BCUT2D eigenvalue weighted by molar-refractivity contribution is -0.117. The van der Waals surface area contributed by atoms with Crippen LogP contribution in [0.15, 0.2) is 52.4 Å². The maximum Gasteiger partial charge on any atom is 0.252 e. The number of methoxy groups -OCH3 is 1. The number of ether oxygens (including phenoxy) is 1. The summed E-state index contributed by atoms with van der Waals surface area (Å²) in [6.07, 6.45) is 0.196. The summed E-state index contributed by atoms with van der Waals surface area (Å²) in [4.78, 5) is 17.3. The summed E-state index contributed by atoms with van der Waals surface area (Å²) in [5.74, 6) is -0.270. The molecule has 0 aliphatic carbocycles. The molecular formula is C19H21N3O4S2. The predicted octanol–water partition coefficient (Wildman–Crippen LogP) is 1.98. The molecule has 9 heteroatoms. The molecule has 2 aromatic carbocycles. The van der Waals surface area contributed by atoms with Gasteiger partial charge in [-0.1, -0.05) is 41.2 Å². The van der Waals surface area contributed by atoms with Crippen LogP contribution >= 0.6 is 11.3 Å². The number of carbonyl (C=O) groups is 1. The van der Waals surface area contributed by atoms with Gasteiger partial charge in [0, 0.05) is 13.7 Å². The van der Waals surface area contributed by atoms with Crippen LogP contribution in [-0.4, -0.2) is 32.6 Å². The van der Waals surface area contributed by atoms with Crippen molar-refractivity contribution in [3.8, 4) is 0 Å². The largest absolute Gasteiger partial charge is 0.383 e. The smallest absolute Gasteiger partial charge is 0.252 e. The molecule has 0 aliphatic heterocycles. The molecule has 0 unspecified atom stereocenters. The molecule has 0 saturated carbocycles. The first-order valence-corrected chi connectivity index (χ1v) is 10.9. The molecule has 3 aromatic rings. The second-order valence-electron chi connectivity index (χ2n) is 6.37. The number of primary sulfonamides is 1. The first kappa shape index (κ1) is 20.4. The van der Waals surface area contributed by atoms with Gasteiger partial charge in [0.15, 0.2) is 4.80 Å². The molecule has 1 amide bonds. The zero-order chi connectivity index (χ0) is 20.3. The monoisotopic (exact) mass is 419 g/mol. The number of aryl methyl sites for hydroxylation is 1. The quantitative estimate of drug-likeness (QED) is 0.660. The Morgan fingerprint density at radius 2 is 1.93 bits per heavy atom. The van der Waals surface area contributed by atoms with Gasteiger partial charge in [-0.25, -0.2) is 13.6 Å². The summed E-state index contributed by atoms with van der Waals surface area (Å²) >= 11 is 1.25. The minimum absolute atomic E-state index is 0.0256. The summed E-state index contributed by atoms with van der Waals surface area (Å²) in [7, 11) is -2.22. The van der Waals surface area contributed by atoms with Crippen molar-refractivity contribution in [3.05, 3.63) is 58.4 Å². The van der Waals surface area contributed by atoms with Gasteiger partial charge in [-0.2, -0.15) is 4.99 Å². The summed E-state index contributed by atoms with van der Waals surface area (Å²) in [5.41, 5.74) is 2.79. The highest BCUT2D eigenvalue weighted by Crippen LogP contribution is 2.21. The van der Waals surface area contributed by atoms with Gasteiger partial charge in [0.05, 0.1) is 28.1 Å². The Balaban J connectivity index is 2.02. The summed E-state index contributed by atoms with van der Waals surface area (Å²) in [5, 5.41) is 5.22. The molecule has 1 aromatic heterocycles. The highest BCUT2D eigenvalue weighted by atomic mass is 32.2. The van der Waals surface area contributed by atoms with Crippen molar-refractivity contribution < 1.29 is 17.9 Å². The van der Waals surface area contributed by atoms with E-state index in [0.717, 1.165) is 16.6 Å². The van der Waals surface area contributed by atoms with Gasteiger partial charge in [-0.05, 0) is 30.7 Å². The van der Waals surface area contributed by atoms with Crippen LogP contribution in [0.3, 0.4) is 0 Å². The maximum atomic E-state index is 12.5. The summed E-state index contributed by atoms with van der Waals surface area (Å²) in [6.45, 7) is 2.91. The van der Waals surface area contributed by atoms with Crippen molar-refractivity contribution in [2.45, 2.75) is 24.8 Å². The van der Waals surface area contributed by atoms with Crippen LogP contribution in [0.5, 0.6) is 0 Å². The van der Waals surface area contributed by atoms with Crippen molar-refractivity contribution in [2.75, 3.05) is 13.7 Å². The molecule has 1 heterocycles. The fourth-order valence-corrected chi connectivity index (χ4v) is 4.47. The van der Waals surface area contributed by atoms with E-state index in [1.165, 1.54) is 23.5 Å². The average molecular weight is 420 g/mol.